The number of nitrogens with one attached hydrogen (secondary N) is 3. The quantitative estimate of drug-likeness (QED) is 0.731. The van der Waals surface area contributed by atoms with Crippen molar-refractivity contribution in [3.8, 4) is 0 Å². The number of rotatable bonds is 2. The molecule has 20 heavy (non-hydrogen) atoms. The molecule has 3 rings (SSSR count). The summed E-state index contributed by atoms with van der Waals surface area (Å²) in [4.78, 5) is 14.5. The summed E-state index contributed by atoms with van der Waals surface area (Å²) in [5.74, 6) is 0.882. The van der Waals surface area contributed by atoms with Gasteiger partial charge in [-0.25, -0.2) is 15.2 Å². The highest BCUT2D eigenvalue weighted by atomic mass is 16.2. The molecule has 0 radical (unpaired) electrons. The minimum Gasteiger partial charge on any atom is -0.386 e. The van der Waals surface area contributed by atoms with Crippen LogP contribution in [0.3, 0.4) is 0 Å². The average Bonchev–Trinajstić information content (AvgIpc) is 2.53. The molecule has 6 heteroatoms. The van der Waals surface area contributed by atoms with E-state index in [1.807, 2.05) is 36.5 Å². The molecule has 0 bridgehead atoms. The third-order valence-electron chi connectivity index (χ3n) is 3.45. The van der Waals surface area contributed by atoms with Crippen LogP contribution in [0.25, 0.3) is 0 Å². The summed E-state index contributed by atoms with van der Waals surface area (Å²) in [5, 5.41) is 7.69. The maximum atomic E-state index is 12.3. The Balaban J connectivity index is 1.63. The first-order valence-corrected chi connectivity index (χ1v) is 6.88. The fraction of sp³-hybridized carbons (Fsp3) is 0.357. The monoisotopic (exact) mass is 273 g/mol. The van der Waals surface area contributed by atoms with Gasteiger partial charge in [-0.3, -0.25) is 0 Å². The van der Waals surface area contributed by atoms with Gasteiger partial charge in [-0.05, 0) is 5.56 Å². The second kappa shape index (κ2) is 5.83. The van der Waals surface area contributed by atoms with Crippen LogP contribution in [0, 0.1) is 0 Å². The number of carbonyl (C=O) groups excluding carboxylic acids is 1. The Kier molecular flexibility index (Phi) is 3.73. The highest BCUT2D eigenvalue weighted by molar-refractivity contribution is 5.75. The molecule has 0 aromatic heterocycles. The fourth-order valence-corrected chi connectivity index (χ4v) is 2.41. The summed E-state index contributed by atoms with van der Waals surface area (Å²) < 4.78 is 0. The van der Waals surface area contributed by atoms with Crippen LogP contribution < -0.4 is 16.1 Å². The van der Waals surface area contributed by atoms with Crippen molar-refractivity contribution in [1.82, 2.24) is 26.0 Å². The molecule has 6 nitrogen and oxygen atoms in total. The van der Waals surface area contributed by atoms with Gasteiger partial charge in [-0.1, -0.05) is 30.3 Å². The lowest BCUT2D eigenvalue weighted by Gasteiger charge is -2.41. The lowest BCUT2D eigenvalue weighted by molar-refractivity contribution is 0.117. The first kappa shape index (κ1) is 12.8. The zero-order chi connectivity index (χ0) is 13.8. The second-order valence-corrected chi connectivity index (χ2v) is 4.83. The van der Waals surface area contributed by atoms with Crippen LogP contribution in [0.4, 0.5) is 4.79 Å². The van der Waals surface area contributed by atoms with Gasteiger partial charge in [0.25, 0.3) is 0 Å². The van der Waals surface area contributed by atoms with Crippen molar-refractivity contribution in [2.45, 2.75) is 6.54 Å². The Hall–Kier alpha value is -2.21. The predicted molar refractivity (Wildman–Crippen MR) is 76.2 cm³/mol. The summed E-state index contributed by atoms with van der Waals surface area (Å²) in [6.07, 6.45) is 1.89. The van der Waals surface area contributed by atoms with E-state index in [2.05, 4.69) is 21.0 Å². The summed E-state index contributed by atoms with van der Waals surface area (Å²) in [7, 11) is 0. The van der Waals surface area contributed by atoms with Gasteiger partial charge in [0.15, 0.2) is 0 Å². The Bertz CT molecular complexity index is 502. The van der Waals surface area contributed by atoms with Crippen LogP contribution in [0.1, 0.15) is 5.56 Å². The average molecular weight is 273 g/mol. The van der Waals surface area contributed by atoms with Crippen LogP contribution in [-0.2, 0) is 6.54 Å². The van der Waals surface area contributed by atoms with Gasteiger partial charge in [0.1, 0.15) is 5.82 Å². The van der Waals surface area contributed by atoms with Crippen molar-refractivity contribution in [3.63, 3.8) is 0 Å². The largest absolute Gasteiger partial charge is 0.386 e. The number of urea groups is 1. The van der Waals surface area contributed by atoms with E-state index in [4.69, 9.17) is 0 Å². The molecule has 1 aromatic rings. The van der Waals surface area contributed by atoms with Crippen molar-refractivity contribution in [2.75, 3.05) is 26.2 Å². The number of hydrogen-bond acceptors (Lipinski definition) is 4. The van der Waals surface area contributed by atoms with Crippen LogP contribution in [0.15, 0.2) is 42.4 Å². The minimum absolute atomic E-state index is 0.131. The smallest absolute Gasteiger partial charge is 0.338 e. The van der Waals surface area contributed by atoms with E-state index in [-0.39, 0.29) is 6.03 Å². The maximum absolute atomic E-state index is 12.3. The van der Waals surface area contributed by atoms with E-state index in [0.29, 0.717) is 6.54 Å². The van der Waals surface area contributed by atoms with Crippen molar-refractivity contribution >= 4 is 6.03 Å². The summed E-state index contributed by atoms with van der Waals surface area (Å²) in [6, 6.07) is 9.77. The Labute approximate surface area is 118 Å². The van der Waals surface area contributed by atoms with Gasteiger partial charge in [-0.2, -0.15) is 0 Å². The lowest BCUT2D eigenvalue weighted by atomic mass is 10.2. The number of nitrogens with zero attached hydrogens (tertiary/aromatic N) is 2. The third kappa shape index (κ3) is 2.70. The molecule has 0 atom stereocenters. The number of hydrogen-bond donors (Lipinski definition) is 3. The molecular weight excluding hydrogens is 254 g/mol. The first-order valence-electron chi connectivity index (χ1n) is 6.88. The molecule has 0 saturated carbocycles. The van der Waals surface area contributed by atoms with Crippen LogP contribution >= 0.6 is 0 Å². The van der Waals surface area contributed by atoms with E-state index in [1.54, 1.807) is 5.01 Å². The van der Waals surface area contributed by atoms with Gasteiger partial charge in [-0.15, -0.1) is 0 Å². The molecular formula is C14H19N5O. The van der Waals surface area contributed by atoms with Gasteiger partial charge < -0.3 is 15.5 Å². The molecule has 0 spiro atoms. The summed E-state index contributed by atoms with van der Waals surface area (Å²) >= 11 is 0. The Morgan fingerprint density at radius 3 is 2.85 bits per heavy atom. The molecule has 2 heterocycles. The molecule has 1 saturated heterocycles. The molecule has 2 aliphatic rings. The minimum atomic E-state index is -0.131. The molecule has 106 valence electrons. The van der Waals surface area contributed by atoms with Crippen LogP contribution in [0.5, 0.6) is 0 Å². The molecule has 1 fully saturated rings. The van der Waals surface area contributed by atoms with E-state index in [0.717, 1.165) is 37.6 Å². The standard InChI is InChI=1S/C14H19N5O/c20-14(16-10-12-4-2-1-3-5-12)19-13-11-15-6-8-18(13)9-7-17-19/h1-5,11,15,17H,6-10H2,(H,16,20). The van der Waals surface area contributed by atoms with Crippen molar-refractivity contribution in [2.24, 2.45) is 0 Å². The number of carbonyl (C=O) groups is 1. The van der Waals surface area contributed by atoms with Gasteiger partial charge in [0, 0.05) is 38.9 Å². The van der Waals surface area contributed by atoms with Crippen molar-refractivity contribution in [1.29, 1.82) is 0 Å². The second-order valence-electron chi connectivity index (χ2n) is 4.83. The topological polar surface area (TPSA) is 59.6 Å². The fourth-order valence-electron chi connectivity index (χ4n) is 2.41. The van der Waals surface area contributed by atoms with Gasteiger partial charge in [0.2, 0.25) is 0 Å². The predicted octanol–water partition coefficient (Wildman–Crippen LogP) is 0.420. The molecule has 0 aliphatic carbocycles. The third-order valence-corrected chi connectivity index (χ3v) is 3.45. The highest BCUT2D eigenvalue weighted by Gasteiger charge is 2.28. The number of fused-ring (bicyclic) bond motifs is 1. The molecule has 2 aliphatic heterocycles. The van der Waals surface area contributed by atoms with Gasteiger partial charge >= 0.3 is 6.03 Å². The summed E-state index contributed by atoms with van der Waals surface area (Å²) in [6.45, 7) is 4.07. The number of hydrazine groups is 1. The number of amides is 2. The number of benzene rings is 1. The van der Waals surface area contributed by atoms with Crippen LogP contribution in [-0.4, -0.2) is 42.1 Å². The highest BCUT2D eigenvalue weighted by Crippen LogP contribution is 2.14. The van der Waals surface area contributed by atoms with E-state index >= 15 is 0 Å². The van der Waals surface area contributed by atoms with E-state index < -0.39 is 0 Å². The molecule has 3 N–H and O–H groups in total. The molecule has 1 aromatic carbocycles. The normalized spacial score (nSPS) is 17.9. The maximum Gasteiger partial charge on any atom is 0.338 e. The van der Waals surface area contributed by atoms with Crippen molar-refractivity contribution < 1.29 is 4.79 Å². The summed E-state index contributed by atoms with van der Waals surface area (Å²) in [5.41, 5.74) is 4.21. The first-order chi connectivity index (χ1) is 9.84. The van der Waals surface area contributed by atoms with E-state index in [9.17, 15) is 4.79 Å². The zero-order valence-electron chi connectivity index (χ0n) is 11.3. The Morgan fingerprint density at radius 2 is 2.00 bits per heavy atom. The van der Waals surface area contributed by atoms with Crippen molar-refractivity contribution in [3.05, 3.63) is 47.9 Å². The Morgan fingerprint density at radius 1 is 1.20 bits per heavy atom. The van der Waals surface area contributed by atoms with Gasteiger partial charge in [0.05, 0.1) is 0 Å². The SMILES string of the molecule is O=C(NCc1ccccc1)N1NCCN2CCNC=C21. The molecule has 0 unspecified atom stereocenters. The van der Waals surface area contributed by atoms with Crippen LogP contribution in [0.2, 0.25) is 0 Å². The zero-order valence-corrected chi connectivity index (χ0v) is 11.3. The van der Waals surface area contributed by atoms with E-state index in [1.165, 1.54) is 0 Å². The lowest BCUT2D eigenvalue weighted by Crippen LogP contribution is -2.59. The molecule has 2 amide bonds.